The molecule has 5 nitrogen and oxygen atoms in total. The summed E-state index contributed by atoms with van der Waals surface area (Å²) in [5, 5.41) is 11.6. The Morgan fingerprint density at radius 1 is 1.67 bits per heavy atom. The SMILES string of the molecule is CCN(C[C@@H](C)C#N)C(=O)Nc1ccnc(C)c1. The van der Waals surface area contributed by atoms with Gasteiger partial charge in [-0.3, -0.25) is 4.98 Å². The van der Waals surface area contributed by atoms with E-state index in [4.69, 9.17) is 5.26 Å². The number of rotatable bonds is 4. The lowest BCUT2D eigenvalue weighted by Gasteiger charge is -2.22. The highest BCUT2D eigenvalue weighted by Gasteiger charge is 2.14. The van der Waals surface area contributed by atoms with Crippen LogP contribution >= 0.6 is 0 Å². The number of urea groups is 1. The zero-order valence-electron chi connectivity index (χ0n) is 11.0. The van der Waals surface area contributed by atoms with Crippen molar-refractivity contribution < 1.29 is 4.79 Å². The molecule has 1 aromatic rings. The third-order valence-corrected chi connectivity index (χ3v) is 2.53. The second kappa shape index (κ2) is 6.60. The van der Waals surface area contributed by atoms with Gasteiger partial charge in [-0.15, -0.1) is 0 Å². The van der Waals surface area contributed by atoms with Gasteiger partial charge in [-0.2, -0.15) is 5.26 Å². The van der Waals surface area contributed by atoms with Gasteiger partial charge < -0.3 is 10.2 Å². The molecule has 0 saturated heterocycles. The van der Waals surface area contributed by atoms with E-state index in [1.54, 1.807) is 30.2 Å². The van der Waals surface area contributed by atoms with Crippen molar-refractivity contribution in [3.63, 3.8) is 0 Å². The molecule has 0 unspecified atom stereocenters. The highest BCUT2D eigenvalue weighted by molar-refractivity contribution is 5.89. The molecule has 96 valence electrons. The van der Waals surface area contributed by atoms with E-state index in [1.807, 2.05) is 13.8 Å². The number of carbonyl (C=O) groups excluding carboxylic acids is 1. The van der Waals surface area contributed by atoms with Gasteiger partial charge in [0.05, 0.1) is 12.0 Å². The van der Waals surface area contributed by atoms with E-state index in [-0.39, 0.29) is 11.9 Å². The van der Waals surface area contributed by atoms with Crippen molar-refractivity contribution >= 4 is 11.7 Å². The molecule has 0 radical (unpaired) electrons. The molecule has 0 aliphatic rings. The Morgan fingerprint density at radius 3 is 2.94 bits per heavy atom. The van der Waals surface area contributed by atoms with Crippen LogP contribution < -0.4 is 5.32 Å². The van der Waals surface area contributed by atoms with E-state index >= 15 is 0 Å². The van der Waals surface area contributed by atoms with Gasteiger partial charge in [0.1, 0.15) is 0 Å². The lowest BCUT2D eigenvalue weighted by Crippen LogP contribution is -2.37. The monoisotopic (exact) mass is 246 g/mol. The maximum atomic E-state index is 12.0. The largest absolute Gasteiger partial charge is 0.324 e. The molecule has 0 aliphatic carbocycles. The van der Waals surface area contributed by atoms with Gasteiger partial charge in [0.15, 0.2) is 0 Å². The van der Waals surface area contributed by atoms with Crippen molar-refractivity contribution in [1.29, 1.82) is 5.26 Å². The van der Waals surface area contributed by atoms with Gasteiger partial charge in [-0.1, -0.05) is 0 Å². The lowest BCUT2D eigenvalue weighted by molar-refractivity contribution is 0.210. The summed E-state index contributed by atoms with van der Waals surface area (Å²) in [7, 11) is 0. The maximum Gasteiger partial charge on any atom is 0.321 e. The Bertz CT molecular complexity index is 453. The summed E-state index contributed by atoms with van der Waals surface area (Å²) in [5.41, 5.74) is 1.57. The van der Waals surface area contributed by atoms with Crippen molar-refractivity contribution in [1.82, 2.24) is 9.88 Å². The Hall–Kier alpha value is -2.09. The van der Waals surface area contributed by atoms with Gasteiger partial charge in [-0.05, 0) is 32.9 Å². The molecule has 0 aliphatic heterocycles. The van der Waals surface area contributed by atoms with Gasteiger partial charge in [-0.25, -0.2) is 4.79 Å². The number of aromatic nitrogens is 1. The van der Waals surface area contributed by atoms with E-state index < -0.39 is 0 Å². The molecule has 1 rings (SSSR count). The number of nitriles is 1. The molecule has 5 heteroatoms. The highest BCUT2D eigenvalue weighted by Crippen LogP contribution is 2.09. The molecule has 18 heavy (non-hydrogen) atoms. The minimum absolute atomic E-state index is 0.171. The Kier molecular flexibility index (Phi) is 5.12. The fourth-order valence-electron chi connectivity index (χ4n) is 1.55. The van der Waals surface area contributed by atoms with Crippen LogP contribution in [0.2, 0.25) is 0 Å². The number of aryl methyl sites for hydroxylation is 1. The molecule has 0 saturated carbocycles. The minimum atomic E-state index is -0.190. The van der Waals surface area contributed by atoms with Crippen LogP contribution in [0.4, 0.5) is 10.5 Å². The number of hydrogen-bond acceptors (Lipinski definition) is 3. The number of amides is 2. The van der Waals surface area contributed by atoms with Gasteiger partial charge in [0.2, 0.25) is 0 Å². The molecule has 0 spiro atoms. The first-order valence-corrected chi connectivity index (χ1v) is 5.95. The smallest absolute Gasteiger partial charge is 0.321 e. The molecule has 1 heterocycles. The molecule has 1 atom stereocenters. The van der Waals surface area contributed by atoms with E-state index in [9.17, 15) is 4.79 Å². The fourth-order valence-corrected chi connectivity index (χ4v) is 1.55. The molecule has 1 aromatic heterocycles. The molecular formula is C13H18N4O. The Labute approximate surface area is 107 Å². The summed E-state index contributed by atoms with van der Waals surface area (Å²) < 4.78 is 0. The third kappa shape index (κ3) is 4.06. The van der Waals surface area contributed by atoms with Gasteiger partial charge in [0, 0.05) is 30.7 Å². The first-order chi connectivity index (χ1) is 8.56. The van der Waals surface area contributed by atoms with Crippen LogP contribution in [0.25, 0.3) is 0 Å². The second-order valence-electron chi connectivity index (χ2n) is 4.18. The number of anilines is 1. The van der Waals surface area contributed by atoms with Crippen LogP contribution in [0.1, 0.15) is 19.5 Å². The number of nitrogens with one attached hydrogen (secondary N) is 1. The lowest BCUT2D eigenvalue weighted by atomic mass is 10.2. The Balaban J connectivity index is 2.66. The van der Waals surface area contributed by atoms with Crippen molar-refractivity contribution in [2.24, 2.45) is 5.92 Å². The average molecular weight is 246 g/mol. The van der Waals surface area contributed by atoms with E-state index in [0.717, 1.165) is 11.4 Å². The van der Waals surface area contributed by atoms with Crippen molar-refractivity contribution in [2.45, 2.75) is 20.8 Å². The van der Waals surface area contributed by atoms with E-state index in [1.165, 1.54) is 0 Å². The van der Waals surface area contributed by atoms with Crippen LogP contribution in [-0.4, -0.2) is 29.0 Å². The van der Waals surface area contributed by atoms with Crippen molar-refractivity contribution in [2.75, 3.05) is 18.4 Å². The van der Waals surface area contributed by atoms with Gasteiger partial charge in [0.25, 0.3) is 0 Å². The fraction of sp³-hybridized carbons (Fsp3) is 0.462. The average Bonchev–Trinajstić information content (AvgIpc) is 2.35. The number of pyridine rings is 1. The molecular weight excluding hydrogens is 228 g/mol. The third-order valence-electron chi connectivity index (χ3n) is 2.53. The van der Waals surface area contributed by atoms with Crippen LogP contribution in [0.15, 0.2) is 18.3 Å². The van der Waals surface area contributed by atoms with Gasteiger partial charge >= 0.3 is 6.03 Å². The minimum Gasteiger partial charge on any atom is -0.324 e. The number of nitrogens with zero attached hydrogens (tertiary/aromatic N) is 3. The van der Waals surface area contributed by atoms with Crippen molar-refractivity contribution in [3.8, 4) is 6.07 Å². The maximum absolute atomic E-state index is 12.0. The first-order valence-electron chi connectivity index (χ1n) is 5.95. The van der Waals surface area contributed by atoms with E-state index in [0.29, 0.717) is 13.1 Å². The predicted molar refractivity (Wildman–Crippen MR) is 70.0 cm³/mol. The van der Waals surface area contributed by atoms with Crippen LogP contribution in [0.3, 0.4) is 0 Å². The summed E-state index contributed by atoms with van der Waals surface area (Å²) in [4.78, 5) is 17.7. The summed E-state index contributed by atoms with van der Waals surface area (Å²) in [6, 6.07) is 5.48. The first kappa shape index (κ1) is 14.0. The number of carbonyl (C=O) groups is 1. The summed E-state index contributed by atoms with van der Waals surface area (Å²) in [5.74, 6) is -0.171. The van der Waals surface area contributed by atoms with E-state index in [2.05, 4.69) is 16.4 Å². The van der Waals surface area contributed by atoms with Crippen molar-refractivity contribution in [3.05, 3.63) is 24.0 Å². The molecule has 1 N–H and O–H groups in total. The summed E-state index contributed by atoms with van der Waals surface area (Å²) >= 11 is 0. The molecule has 2 amide bonds. The zero-order chi connectivity index (χ0) is 13.5. The topological polar surface area (TPSA) is 69.0 Å². The second-order valence-corrected chi connectivity index (χ2v) is 4.18. The quantitative estimate of drug-likeness (QED) is 0.886. The van der Waals surface area contributed by atoms with Crippen LogP contribution in [-0.2, 0) is 0 Å². The predicted octanol–water partition coefficient (Wildman–Crippen LogP) is 2.40. The zero-order valence-corrected chi connectivity index (χ0v) is 11.0. The highest BCUT2D eigenvalue weighted by atomic mass is 16.2. The Morgan fingerprint density at radius 2 is 2.39 bits per heavy atom. The number of hydrogen-bond donors (Lipinski definition) is 1. The molecule has 0 fully saturated rings. The molecule has 0 aromatic carbocycles. The van der Waals surface area contributed by atoms with Crippen LogP contribution in [0, 0.1) is 24.2 Å². The standard InChI is InChI=1S/C13H18N4O/c1-4-17(9-10(2)8-14)13(18)16-12-5-6-15-11(3)7-12/h5-7,10H,4,9H2,1-3H3,(H,15,16,18)/t10-/m0/s1. The molecule has 0 bridgehead atoms. The van der Waals surface area contributed by atoms with Crippen LogP contribution in [0.5, 0.6) is 0 Å². The summed E-state index contributed by atoms with van der Waals surface area (Å²) in [6.45, 7) is 6.56. The normalized spacial score (nSPS) is 11.4. The summed E-state index contributed by atoms with van der Waals surface area (Å²) in [6.07, 6.45) is 1.65.